The van der Waals surface area contributed by atoms with E-state index < -0.39 is 5.47 Å². The number of hydrogen-bond acceptors (Lipinski definition) is 2. The Labute approximate surface area is 82.0 Å². The standard InChI is InChI=1S/C8H11OPS2/c1-2-10(9,11)12-8-6-4-3-5-7-8/h3-7H,2H2,1H3,(H,9,11). The molecule has 4 heteroatoms. The van der Waals surface area contributed by atoms with Crippen LogP contribution in [0.15, 0.2) is 35.2 Å². The van der Waals surface area contributed by atoms with Gasteiger partial charge in [-0.2, -0.15) is 0 Å². The molecule has 1 aromatic rings. The summed E-state index contributed by atoms with van der Waals surface area (Å²) >= 11 is 6.48. The molecule has 1 rings (SSSR count). The van der Waals surface area contributed by atoms with Gasteiger partial charge in [0, 0.05) is 11.1 Å². The molecule has 1 nitrogen and oxygen atoms in total. The first-order chi connectivity index (χ1) is 5.64. The zero-order chi connectivity index (χ0) is 9.03. The maximum atomic E-state index is 9.67. The average Bonchev–Trinajstić information content (AvgIpc) is 2.06. The lowest BCUT2D eigenvalue weighted by molar-refractivity contribution is 0.639. The van der Waals surface area contributed by atoms with E-state index in [0.29, 0.717) is 6.16 Å². The maximum absolute atomic E-state index is 9.67. The maximum Gasteiger partial charge on any atom is 0.121 e. The molecule has 1 unspecified atom stereocenters. The highest BCUT2D eigenvalue weighted by Gasteiger charge is 2.10. The fraction of sp³-hybridized carbons (Fsp3) is 0.250. The minimum absolute atomic E-state index is 0.682. The van der Waals surface area contributed by atoms with Gasteiger partial charge in [-0.1, -0.05) is 48.3 Å². The topological polar surface area (TPSA) is 20.2 Å². The molecule has 0 heterocycles. The highest BCUT2D eigenvalue weighted by atomic mass is 32.9. The minimum Gasteiger partial charge on any atom is -0.357 e. The predicted octanol–water partition coefficient (Wildman–Crippen LogP) is 3.10. The Morgan fingerprint density at radius 1 is 1.42 bits per heavy atom. The molecule has 1 atom stereocenters. The molecule has 1 N–H and O–H groups in total. The molecule has 0 aromatic heterocycles. The third-order valence-electron chi connectivity index (χ3n) is 1.39. The van der Waals surface area contributed by atoms with Gasteiger partial charge in [-0.25, -0.2) is 0 Å². The van der Waals surface area contributed by atoms with Crippen molar-refractivity contribution in [3.05, 3.63) is 30.3 Å². The Morgan fingerprint density at radius 3 is 2.50 bits per heavy atom. The molecular weight excluding hydrogens is 207 g/mol. The van der Waals surface area contributed by atoms with Gasteiger partial charge in [0.15, 0.2) is 0 Å². The Morgan fingerprint density at radius 2 is 2.00 bits per heavy atom. The minimum atomic E-state index is -2.15. The summed E-state index contributed by atoms with van der Waals surface area (Å²) in [5.41, 5.74) is -2.15. The van der Waals surface area contributed by atoms with Crippen LogP contribution in [-0.4, -0.2) is 11.1 Å². The van der Waals surface area contributed by atoms with Crippen molar-refractivity contribution >= 4 is 28.7 Å². The molecule has 12 heavy (non-hydrogen) atoms. The molecule has 0 bridgehead atoms. The van der Waals surface area contributed by atoms with Crippen LogP contribution in [0.4, 0.5) is 0 Å². The monoisotopic (exact) mass is 218 g/mol. The van der Waals surface area contributed by atoms with E-state index in [-0.39, 0.29) is 0 Å². The van der Waals surface area contributed by atoms with Gasteiger partial charge >= 0.3 is 0 Å². The fourth-order valence-corrected chi connectivity index (χ4v) is 3.96. The smallest absolute Gasteiger partial charge is 0.121 e. The van der Waals surface area contributed by atoms with E-state index in [1.807, 2.05) is 37.3 Å². The van der Waals surface area contributed by atoms with Crippen LogP contribution in [0.1, 0.15) is 6.92 Å². The summed E-state index contributed by atoms with van der Waals surface area (Å²) in [4.78, 5) is 10.7. The molecular formula is C8H11OPS2. The van der Waals surface area contributed by atoms with Crippen LogP contribution in [0.5, 0.6) is 0 Å². The number of benzene rings is 1. The molecule has 0 aliphatic carbocycles. The summed E-state index contributed by atoms with van der Waals surface area (Å²) < 4.78 is 0. The summed E-state index contributed by atoms with van der Waals surface area (Å²) in [5.74, 6) is 0. The van der Waals surface area contributed by atoms with E-state index in [9.17, 15) is 4.89 Å². The van der Waals surface area contributed by atoms with Crippen molar-refractivity contribution < 1.29 is 4.89 Å². The SMILES string of the molecule is CCP(O)(=S)Sc1ccccc1. The molecule has 0 amide bonds. The number of hydrogen-bond donors (Lipinski definition) is 1. The van der Waals surface area contributed by atoms with Crippen LogP contribution in [0.2, 0.25) is 0 Å². The lowest BCUT2D eigenvalue weighted by Crippen LogP contribution is -1.77. The molecule has 66 valence electrons. The highest BCUT2D eigenvalue weighted by molar-refractivity contribution is 8.69. The molecule has 0 aliphatic heterocycles. The molecule has 0 fully saturated rings. The van der Waals surface area contributed by atoms with E-state index in [1.54, 1.807) is 0 Å². The summed E-state index contributed by atoms with van der Waals surface area (Å²) in [5, 5.41) is 0. The van der Waals surface area contributed by atoms with Crippen LogP contribution in [0, 0.1) is 0 Å². The summed E-state index contributed by atoms with van der Waals surface area (Å²) in [6.07, 6.45) is 0.682. The molecule has 0 spiro atoms. The van der Waals surface area contributed by atoms with Gasteiger partial charge in [0.1, 0.15) is 5.47 Å². The van der Waals surface area contributed by atoms with Gasteiger partial charge in [-0.3, -0.25) is 0 Å². The quantitative estimate of drug-likeness (QED) is 0.787. The van der Waals surface area contributed by atoms with Crippen molar-refractivity contribution in [1.82, 2.24) is 0 Å². The first-order valence-electron chi connectivity index (χ1n) is 3.70. The van der Waals surface area contributed by atoms with E-state index in [1.165, 1.54) is 11.4 Å². The fourth-order valence-electron chi connectivity index (χ4n) is 0.711. The Bertz CT molecular complexity index is 286. The van der Waals surface area contributed by atoms with E-state index in [0.717, 1.165) is 4.90 Å². The van der Waals surface area contributed by atoms with Crippen molar-refractivity contribution in [3.8, 4) is 0 Å². The largest absolute Gasteiger partial charge is 0.357 e. The molecule has 0 radical (unpaired) electrons. The zero-order valence-electron chi connectivity index (χ0n) is 6.80. The van der Waals surface area contributed by atoms with Gasteiger partial charge in [0.05, 0.1) is 0 Å². The Hall–Kier alpha value is 0.180. The van der Waals surface area contributed by atoms with Crippen molar-refractivity contribution in [3.63, 3.8) is 0 Å². The van der Waals surface area contributed by atoms with Crippen LogP contribution >= 0.6 is 16.8 Å². The van der Waals surface area contributed by atoms with Crippen LogP contribution in [-0.2, 0) is 11.8 Å². The first kappa shape index (κ1) is 10.3. The second-order valence-corrected chi connectivity index (χ2v) is 9.78. The second-order valence-electron chi connectivity index (χ2n) is 2.36. The zero-order valence-corrected chi connectivity index (χ0v) is 9.33. The van der Waals surface area contributed by atoms with Gasteiger partial charge in [0.25, 0.3) is 0 Å². The van der Waals surface area contributed by atoms with Gasteiger partial charge in [-0.15, -0.1) is 0 Å². The van der Waals surface area contributed by atoms with Crippen LogP contribution < -0.4 is 0 Å². The lowest BCUT2D eigenvalue weighted by Gasteiger charge is -2.10. The van der Waals surface area contributed by atoms with Crippen molar-refractivity contribution in [1.29, 1.82) is 0 Å². The summed E-state index contributed by atoms with van der Waals surface area (Å²) in [6.45, 7) is 1.93. The molecule has 0 saturated heterocycles. The Kier molecular flexibility index (Phi) is 3.78. The Balaban J connectivity index is 2.71. The summed E-state index contributed by atoms with van der Waals surface area (Å²) in [6, 6.07) is 9.80. The normalized spacial score (nSPS) is 15.5. The van der Waals surface area contributed by atoms with E-state index in [2.05, 4.69) is 0 Å². The first-order valence-corrected chi connectivity index (χ1v) is 8.07. The second kappa shape index (κ2) is 4.43. The number of rotatable bonds is 3. The predicted molar refractivity (Wildman–Crippen MR) is 59.3 cm³/mol. The lowest BCUT2D eigenvalue weighted by atomic mass is 10.4. The van der Waals surface area contributed by atoms with Gasteiger partial charge in [0.2, 0.25) is 0 Å². The third kappa shape index (κ3) is 3.28. The summed E-state index contributed by atoms with van der Waals surface area (Å²) in [7, 11) is 0. The van der Waals surface area contributed by atoms with Crippen molar-refractivity contribution in [2.45, 2.75) is 11.8 Å². The van der Waals surface area contributed by atoms with Gasteiger partial charge < -0.3 is 4.89 Å². The molecule has 0 saturated carbocycles. The van der Waals surface area contributed by atoms with Crippen LogP contribution in [0.3, 0.4) is 0 Å². The van der Waals surface area contributed by atoms with Crippen LogP contribution in [0.25, 0.3) is 0 Å². The molecule has 1 aromatic carbocycles. The van der Waals surface area contributed by atoms with E-state index >= 15 is 0 Å². The molecule has 0 aliphatic rings. The van der Waals surface area contributed by atoms with Crippen molar-refractivity contribution in [2.24, 2.45) is 0 Å². The van der Waals surface area contributed by atoms with Crippen molar-refractivity contribution in [2.75, 3.05) is 6.16 Å². The van der Waals surface area contributed by atoms with Gasteiger partial charge in [-0.05, 0) is 12.1 Å². The highest BCUT2D eigenvalue weighted by Crippen LogP contribution is 2.58. The van der Waals surface area contributed by atoms with E-state index in [4.69, 9.17) is 11.8 Å². The third-order valence-corrected chi connectivity index (χ3v) is 6.67. The average molecular weight is 218 g/mol.